The molecule has 0 bridgehead atoms. The zero-order valence-electron chi connectivity index (χ0n) is 16.3. The van der Waals surface area contributed by atoms with E-state index in [1.165, 1.54) is 18.3 Å². The molecule has 0 aliphatic carbocycles. The summed E-state index contributed by atoms with van der Waals surface area (Å²) in [7, 11) is 1.64. The van der Waals surface area contributed by atoms with E-state index >= 15 is 0 Å². The van der Waals surface area contributed by atoms with E-state index in [0.717, 1.165) is 27.3 Å². The lowest BCUT2D eigenvalue weighted by atomic mass is 10.1. The first kappa shape index (κ1) is 19.6. The van der Waals surface area contributed by atoms with E-state index in [0.29, 0.717) is 16.3 Å². The van der Waals surface area contributed by atoms with Crippen LogP contribution in [0.5, 0.6) is 5.75 Å². The van der Waals surface area contributed by atoms with Gasteiger partial charge in [-0.05, 0) is 60.9 Å². The summed E-state index contributed by atoms with van der Waals surface area (Å²) in [5, 5.41) is 5.72. The van der Waals surface area contributed by atoms with Gasteiger partial charge in [-0.15, -0.1) is 11.3 Å². The molecule has 2 N–H and O–H groups in total. The lowest BCUT2D eigenvalue weighted by Gasteiger charge is -2.12. The maximum absolute atomic E-state index is 12.8. The molecule has 0 fully saturated rings. The lowest BCUT2D eigenvalue weighted by Crippen LogP contribution is -2.13. The van der Waals surface area contributed by atoms with Gasteiger partial charge in [-0.1, -0.05) is 18.2 Å². The first-order valence-electron chi connectivity index (χ1n) is 8.82. The molecular weight excluding hydrogens is 372 g/mol. The number of carbonyl (C=O) groups is 2. The Morgan fingerprint density at radius 3 is 2.21 bits per heavy atom. The van der Waals surface area contributed by atoms with Gasteiger partial charge in [0.25, 0.3) is 5.91 Å². The Morgan fingerprint density at radius 2 is 1.61 bits per heavy atom. The average Bonchev–Trinajstić information content (AvgIpc) is 3.06. The molecule has 144 valence electrons. The third-order valence-electron chi connectivity index (χ3n) is 4.44. The highest BCUT2D eigenvalue weighted by Crippen LogP contribution is 2.33. The van der Waals surface area contributed by atoms with Crippen molar-refractivity contribution in [2.45, 2.75) is 20.8 Å². The van der Waals surface area contributed by atoms with Crippen molar-refractivity contribution in [2.75, 3.05) is 17.7 Å². The molecule has 6 heteroatoms. The molecule has 1 heterocycles. The van der Waals surface area contributed by atoms with Crippen LogP contribution in [0.25, 0.3) is 11.1 Å². The molecular formula is C22H22N2O3S. The Balaban J connectivity index is 1.83. The predicted octanol–water partition coefficient (Wildman–Crippen LogP) is 5.25. The normalized spacial score (nSPS) is 10.4. The third-order valence-corrected chi connectivity index (χ3v) is 5.48. The molecule has 1 aromatic heterocycles. The number of thiophene rings is 1. The van der Waals surface area contributed by atoms with Gasteiger partial charge in [-0.25, -0.2) is 0 Å². The number of hydrogen-bond donors (Lipinski definition) is 2. The lowest BCUT2D eigenvalue weighted by molar-refractivity contribution is -0.114. The van der Waals surface area contributed by atoms with Gasteiger partial charge in [0.1, 0.15) is 5.75 Å². The van der Waals surface area contributed by atoms with Gasteiger partial charge < -0.3 is 15.4 Å². The number of nitrogens with one attached hydrogen (secondary N) is 2. The highest BCUT2D eigenvalue weighted by Gasteiger charge is 2.15. The van der Waals surface area contributed by atoms with Crippen LogP contribution in [0.3, 0.4) is 0 Å². The molecule has 28 heavy (non-hydrogen) atoms. The van der Waals surface area contributed by atoms with Gasteiger partial charge >= 0.3 is 0 Å². The van der Waals surface area contributed by atoms with Crippen molar-refractivity contribution < 1.29 is 14.3 Å². The average molecular weight is 394 g/mol. The van der Waals surface area contributed by atoms with Crippen molar-refractivity contribution in [2.24, 2.45) is 0 Å². The molecule has 0 aliphatic rings. The third kappa shape index (κ3) is 4.23. The number of hydrogen-bond acceptors (Lipinski definition) is 4. The second-order valence-electron chi connectivity index (χ2n) is 6.42. The summed E-state index contributed by atoms with van der Waals surface area (Å²) in [6.07, 6.45) is 0. The zero-order chi connectivity index (χ0) is 20.3. The summed E-state index contributed by atoms with van der Waals surface area (Å²) < 4.78 is 5.20. The summed E-state index contributed by atoms with van der Waals surface area (Å²) >= 11 is 1.45. The van der Waals surface area contributed by atoms with E-state index in [1.54, 1.807) is 13.2 Å². The zero-order valence-corrected chi connectivity index (χ0v) is 17.1. The van der Waals surface area contributed by atoms with E-state index in [-0.39, 0.29) is 11.8 Å². The van der Waals surface area contributed by atoms with Crippen LogP contribution in [0.15, 0.2) is 48.5 Å². The van der Waals surface area contributed by atoms with E-state index in [4.69, 9.17) is 4.74 Å². The molecule has 2 aromatic carbocycles. The molecule has 3 aromatic rings. The standard InChI is InChI=1S/C22H22N2O3S/c1-13-19(23-15(3)25)6-5-7-20(13)24-22(26)21-12-18(14(2)28-21)16-8-10-17(27-4)11-9-16/h5-12H,1-4H3,(H,23,25)(H,24,26). The Hall–Kier alpha value is -3.12. The largest absolute Gasteiger partial charge is 0.497 e. The second-order valence-corrected chi connectivity index (χ2v) is 7.68. The van der Waals surface area contributed by atoms with Crippen LogP contribution in [-0.4, -0.2) is 18.9 Å². The molecule has 0 spiro atoms. The molecule has 0 saturated carbocycles. The summed E-state index contributed by atoms with van der Waals surface area (Å²) in [6.45, 7) is 5.33. The van der Waals surface area contributed by atoms with Gasteiger partial charge in [0.2, 0.25) is 5.91 Å². The van der Waals surface area contributed by atoms with Crippen molar-refractivity contribution in [1.82, 2.24) is 0 Å². The Bertz CT molecular complexity index is 1020. The van der Waals surface area contributed by atoms with Crippen molar-refractivity contribution in [3.8, 4) is 16.9 Å². The number of amides is 2. The van der Waals surface area contributed by atoms with Gasteiger partial charge in [0.15, 0.2) is 0 Å². The van der Waals surface area contributed by atoms with E-state index in [9.17, 15) is 9.59 Å². The summed E-state index contributed by atoms with van der Waals surface area (Å²) in [6, 6.07) is 15.1. The topological polar surface area (TPSA) is 67.4 Å². The predicted molar refractivity (Wildman–Crippen MR) is 114 cm³/mol. The number of carbonyl (C=O) groups excluding carboxylic acids is 2. The smallest absolute Gasteiger partial charge is 0.265 e. The van der Waals surface area contributed by atoms with Crippen LogP contribution < -0.4 is 15.4 Å². The maximum Gasteiger partial charge on any atom is 0.265 e. The molecule has 0 aliphatic heterocycles. The number of benzene rings is 2. The van der Waals surface area contributed by atoms with Gasteiger partial charge in [0, 0.05) is 23.2 Å². The van der Waals surface area contributed by atoms with Crippen LogP contribution in [0, 0.1) is 13.8 Å². The van der Waals surface area contributed by atoms with Crippen LogP contribution in [0.4, 0.5) is 11.4 Å². The minimum atomic E-state index is -0.170. The van der Waals surface area contributed by atoms with Gasteiger partial charge in [-0.2, -0.15) is 0 Å². The Morgan fingerprint density at radius 1 is 0.964 bits per heavy atom. The Labute approximate surface area is 168 Å². The van der Waals surface area contributed by atoms with Crippen molar-refractivity contribution in [3.05, 3.63) is 63.8 Å². The number of anilines is 2. The van der Waals surface area contributed by atoms with Crippen molar-refractivity contribution >= 4 is 34.5 Å². The minimum absolute atomic E-state index is 0.149. The first-order chi connectivity index (χ1) is 13.4. The SMILES string of the molecule is COc1ccc(-c2cc(C(=O)Nc3cccc(NC(C)=O)c3C)sc2C)cc1. The van der Waals surface area contributed by atoms with E-state index < -0.39 is 0 Å². The minimum Gasteiger partial charge on any atom is -0.497 e. The van der Waals surface area contributed by atoms with Gasteiger partial charge in [0.05, 0.1) is 12.0 Å². The summed E-state index contributed by atoms with van der Waals surface area (Å²) in [5.41, 5.74) is 4.24. The van der Waals surface area contributed by atoms with Crippen LogP contribution in [-0.2, 0) is 4.79 Å². The maximum atomic E-state index is 12.8. The van der Waals surface area contributed by atoms with E-state index in [1.807, 2.05) is 56.3 Å². The van der Waals surface area contributed by atoms with Crippen molar-refractivity contribution in [1.29, 1.82) is 0 Å². The number of aryl methyl sites for hydroxylation is 1. The Kier molecular flexibility index (Phi) is 5.80. The number of methoxy groups -OCH3 is 1. The quantitative estimate of drug-likeness (QED) is 0.621. The highest BCUT2D eigenvalue weighted by molar-refractivity contribution is 7.14. The van der Waals surface area contributed by atoms with Crippen LogP contribution in [0.1, 0.15) is 27.0 Å². The fourth-order valence-corrected chi connectivity index (χ4v) is 3.87. The van der Waals surface area contributed by atoms with Gasteiger partial charge in [-0.3, -0.25) is 9.59 Å². The van der Waals surface area contributed by atoms with Crippen molar-refractivity contribution in [3.63, 3.8) is 0 Å². The van der Waals surface area contributed by atoms with E-state index in [2.05, 4.69) is 10.6 Å². The molecule has 5 nitrogen and oxygen atoms in total. The molecule has 0 atom stereocenters. The fourth-order valence-electron chi connectivity index (χ4n) is 2.93. The fraction of sp³-hybridized carbons (Fsp3) is 0.182. The number of rotatable bonds is 5. The summed E-state index contributed by atoms with van der Waals surface area (Å²) in [5.74, 6) is 0.477. The molecule has 0 unspecified atom stereocenters. The monoisotopic (exact) mass is 394 g/mol. The molecule has 0 radical (unpaired) electrons. The molecule has 3 rings (SSSR count). The summed E-state index contributed by atoms with van der Waals surface area (Å²) in [4.78, 5) is 25.8. The van der Waals surface area contributed by atoms with Crippen LogP contribution >= 0.6 is 11.3 Å². The highest BCUT2D eigenvalue weighted by atomic mass is 32.1. The van der Waals surface area contributed by atoms with Crippen LogP contribution in [0.2, 0.25) is 0 Å². The second kappa shape index (κ2) is 8.27. The molecule has 0 saturated heterocycles. The number of ether oxygens (including phenoxy) is 1. The molecule has 2 amide bonds. The first-order valence-corrected chi connectivity index (χ1v) is 9.64.